The number of oxazole rings is 1. The summed E-state index contributed by atoms with van der Waals surface area (Å²) in [6.45, 7) is 8.48. The van der Waals surface area contributed by atoms with Crippen LogP contribution in [0, 0.1) is 13.8 Å². The second kappa shape index (κ2) is 4.65. The van der Waals surface area contributed by atoms with Gasteiger partial charge in [-0.1, -0.05) is 13.8 Å². The predicted octanol–water partition coefficient (Wildman–Crippen LogP) is 3.26. The van der Waals surface area contributed by atoms with E-state index in [4.69, 9.17) is 4.42 Å². The first-order valence-corrected chi connectivity index (χ1v) is 5.87. The molecule has 0 N–H and O–H groups in total. The van der Waals surface area contributed by atoms with E-state index in [0.29, 0.717) is 5.92 Å². The van der Waals surface area contributed by atoms with Crippen molar-refractivity contribution < 1.29 is 4.42 Å². The highest BCUT2D eigenvalue weighted by Crippen LogP contribution is 2.29. The lowest BCUT2D eigenvalue weighted by Gasteiger charge is -2.16. The molecule has 0 saturated carbocycles. The Balaban J connectivity index is 2.57. The summed E-state index contributed by atoms with van der Waals surface area (Å²) < 4.78 is 5.00. The molecule has 0 aliphatic carbocycles. The molecular weight excluding hydrogens is 214 g/mol. The highest BCUT2D eigenvalue weighted by atomic mass is 16.3. The Morgan fingerprint density at radius 3 is 2.65 bits per heavy atom. The molecule has 0 fully saturated rings. The third-order valence-electron chi connectivity index (χ3n) is 3.23. The molecule has 0 spiro atoms. The molecule has 1 unspecified atom stereocenters. The quantitative estimate of drug-likeness (QED) is 0.813. The summed E-state index contributed by atoms with van der Waals surface area (Å²) in [5.74, 6) is 0.483. The Bertz CT molecular complexity index is 506. The van der Waals surface area contributed by atoms with Gasteiger partial charge in [-0.05, 0) is 37.3 Å². The number of hydrogen-bond acceptors (Lipinski definition) is 4. The largest absolute Gasteiger partial charge is 0.451 e. The molecule has 0 aromatic carbocycles. The third kappa shape index (κ3) is 2.07. The molecule has 4 heteroatoms. The van der Waals surface area contributed by atoms with Crippen molar-refractivity contribution in [3.63, 3.8) is 0 Å². The number of aryl methyl sites for hydroxylation is 1. The van der Waals surface area contributed by atoms with Gasteiger partial charge in [-0.3, -0.25) is 0 Å². The van der Waals surface area contributed by atoms with E-state index in [1.807, 2.05) is 6.92 Å². The van der Waals surface area contributed by atoms with E-state index < -0.39 is 0 Å². The van der Waals surface area contributed by atoms with Gasteiger partial charge in [0.25, 0.3) is 0 Å². The lowest BCUT2D eigenvalue weighted by atomic mass is 9.92. The highest BCUT2D eigenvalue weighted by Gasteiger charge is 2.17. The van der Waals surface area contributed by atoms with Crippen LogP contribution in [-0.4, -0.2) is 15.2 Å². The Kier molecular flexibility index (Phi) is 3.22. The van der Waals surface area contributed by atoms with E-state index in [9.17, 15) is 0 Å². The van der Waals surface area contributed by atoms with Crippen LogP contribution in [-0.2, 0) is 0 Å². The van der Waals surface area contributed by atoms with Gasteiger partial charge in [-0.25, -0.2) is 4.98 Å². The Labute approximate surface area is 101 Å². The summed E-state index contributed by atoms with van der Waals surface area (Å²) >= 11 is 0. The van der Waals surface area contributed by atoms with Crippen LogP contribution in [0.3, 0.4) is 0 Å². The monoisotopic (exact) mass is 231 g/mol. The zero-order valence-corrected chi connectivity index (χ0v) is 10.7. The van der Waals surface area contributed by atoms with Crippen LogP contribution in [0.2, 0.25) is 0 Å². The molecule has 4 nitrogen and oxygen atoms in total. The molecule has 0 saturated heterocycles. The van der Waals surface area contributed by atoms with Crippen LogP contribution in [0.15, 0.2) is 17.1 Å². The van der Waals surface area contributed by atoms with Crippen LogP contribution in [0.1, 0.15) is 43.0 Å². The van der Waals surface area contributed by atoms with Crippen molar-refractivity contribution in [3.05, 3.63) is 29.5 Å². The van der Waals surface area contributed by atoms with Crippen molar-refractivity contribution in [1.29, 1.82) is 0 Å². The second-order valence-electron chi connectivity index (χ2n) is 4.36. The lowest BCUT2D eigenvalue weighted by Crippen LogP contribution is -2.05. The first-order chi connectivity index (χ1) is 8.15. The van der Waals surface area contributed by atoms with Crippen molar-refractivity contribution >= 4 is 0 Å². The van der Waals surface area contributed by atoms with Crippen molar-refractivity contribution in [2.24, 2.45) is 0 Å². The molecule has 0 bridgehead atoms. The van der Waals surface area contributed by atoms with E-state index >= 15 is 0 Å². The Morgan fingerprint density at radius 1 is 1.29 bits per heavy atom. The Hall–Kier alpha value is -1.71. The van der Waals surface area contributed by atoms with Gasteiger partial charge in [0, 0.05) is 0 Å². The van der Waals surface area contributed by atoms with Crippen LogP contribution >= 0.6 is 0 Å². The van der Waals surface area contributed by atoms with Gasteiger partial charge in [0.2, 0.25) is 0 Å². The molecule has 0 amide bonds. The van der Waals surface area contributed by atoms with Crippen LogP contribution in [0.5, 0.6) is 0 Å². The minimum absolute atomic E-state index is 0.483. The maximum Gasteiger partial charge on any atom is 0.181 e. The molecule has 17 heavy (non-hydrogen) atoms. The maximum absolute atomic E-state index is 5.00. The molecule has 0 radical (unpaired) electrons. The van der Waals surface area contributed by atoms with Gasteiger partial charge in [0.05, 0.1) is 5.69 Å². The van der Waals surface area contributed by atoms with Gasteiger partial charge in [0.15, 0.2) is 6.39 Å². The number of nitrogens with zero attached hydrogens (tertiary/aromatic N) is 3. The molecule has 1 atom stereocenters. The lowest BCUT2D eigenvalue weighted by molar-refractivity contribution is 0.558. The summed E-state index contributed by atoms with van der Waals surface area (Å²) in [7, 11) is 0. The van der Waals surface area contributed by atoms with Gasteiger partial charge in [-0.2, -0.15) is 5.10 Å². The van der Waals surface area contributed by atoms with Crippen molar-refractivity contribution in [1.82, 2.24) is 15.2 Å². The molecule has 90 valence electrons. The van der Waals surface area contributed by atoms with Crippen LogP contribution in [0.25, 0.3) is 11.4 Å². The standard InChI is InChI=1S/C13H17N3O/c1-5-8(2)12-9(3)13(16-15-10(12)4)11-6-17-7-14-11/h6-8H,5H2,1-4H3. The van der Waals surface area contributed by atoms with Gasteiger partial charge >= 0.3 is 0 Å². The summed E-state index contributed by atoms with van der Waals surface area (Å²) in [4.78, 5) is 4.13. The van der Waals surface area contributed by atoms with Crippen LogP contribution in [0.4, 0.5) is 0 Å². The fourth-order valence-corrected chi connectivity index (χ4v) is 2.16. The predicted molar refractivity (Wildman–Crippen MR) is 65.7 cm³/mol. The Morgan fingerprint density at radius 2 is 2.06 bits per heavy atom. The van der Waals surface area contributed by atoms with Crippen LogP contribution < -0.4 is 0 Å². The van der Waals surface area contributed by atoms with Gasteiger partial charge in [-0.15, -0.1) is 5.10 Å². The fraction of sp³-hybridized carbons (Fsp3) is 0.462. The third-order valence-corrected chi connectivity index (χ3v) is 3.23. The molecule has 0 aliphatic rings. The first-order valence-electron chi connectivity index (χ1n) is 5.87. The van der Waals surface area contributed by atoms with E-state index in [-0.39, 0.29) is 0 Å². The smallest absolute Gasteiger partial charge is 0.181 e. The SMILES string of the molecule is CCC(C)c1c(C)nnc(-c2cocn2)c1C. The summed E-state index contributed by atoms with van der Waals surface area (Å²) in [5.41, 5.74) is 5.00. The van der Waals surface area contributed by atoms with E-state index in [0.717, 1.165) is 29.1 Å². The topological polar surface area (TPSA) is 51.8 Å². The summed E-state index contributed by atoms with van der Waals surface area (Å²) in [5, 5.41) is 8.46. The number of rotatable bonds is 3. The van der Waals surface area contributed by atoms with Crippen molar-refractivity contribution in [2.45, 2.75) is 40.0 Å². The van der Waals surface area contributed by atoms with Gasteiger partial charge < -0.3 is 4.42 Å². The molecule has 0 aliphatic heterocycles. The minimum atomic E-state index is 0.483. The summed E-state index contributed by atoms with van der Waals surface area (Å²) in [6.07, 6.45) is 4.11. The normalized spacial score (nSPS) is 12.7. The average molecular weight is 231 g/mol. The number of hydrogen-bond donors (Lipinski definition) is 0. The first kappa shape index (κ1) is 11.8. The maximum atomic E-state index is 5.00. The van der Waals surface area contributed by atoms with Crippen molar-refractivity contribution in [3.8, 4) is 11.4 Å². The van der Waals surface area contributed by atoms with E-state index in [1.165, 1.54) is 12.0 Å². The molecule has 2 aromatic heterocycles. The van der Waals surface area contributed by atoms with E-state index in [2.05, 4.69) is 36.0 Å². The molecule has 2 aromatic rings. The van der Waals surface area contributed by atoms with Crippen molar-refractivity contribution in [2.75, 3.05) is 0 Å². The zero-order chi connectivity index (χ0) is 12.4. The molecule has 2 heterocycles. The zero-order valence-electron chi connectivity index (χ0n) is 10.7. The van der Waals surface area contributed by atoms with E-state index in [1.54, 1.807) is 6.26 Å². The second-order valence-corrected chi connectivity index (χ2v) is 4.36. The number of aromatic nitrogens is 3. The fourth-order valence-electron chi connectivity index (χ4n) is 2.16. The minimum Gasteiger partial charge on any atom is -0.451 e. The molecule has 2 rings (SSSR count). The summed E-state index contributed by atoms with van der Waals surface area (Å²) in [6, 6.07) is 0. The van der Waals surface area contributed by atoms with Gasteiger partial charge in [0.1, 0.15) is 17.7 Å². The molecular formula is C13H17N3O. The average Bonchev–Trinajstić information content (AvgIpc) is 2.82. The highest BCUT2D eigenvalue weighted by molar-refractivity contribution is 5.59.